The number of nitrogens with zero attached hydrogens (tertiary/aromatic N) is 2. The maximum Gasteiger partial charge on any atom is 0.0443 e. The van der Waals surface area contributed by atoms with Gasteiger partial charge in [-0.25, -0.2) is 0 Å². The van der Waals surface area contributed by atoms with Crippen molar-refractivity contribution >= 4 is 17.4 Å². The Morgan fingerprint density at radius 3 is 3.11 bits per heavy atom. The van der Waals surface area contributed by atoms with E-state index in [2.05, 4.69) is 46.9 Å². The molecule has 1 saturated heterocycles. The van der Waals surface area contributed by atoms with Gasteiger partial charge in [-0.3, -0.25) is 4.98 Å². The van der Waals surface area contributed by atoms with E-state index in [1.165, 1.54) is 35.7 Å². The van der Waals surface area contributed by atoms with Gasteiger partial charge in [0.05, 0.1) is 0 Å². The highest BCUT2D eigenvalue weighted by Gasteiger charge is 2.13. The van der Waals surface area contributed by atoms with E-state index < -0.39 is 0 Å². The Morgan fingerprint density at radius 2 is 2.28 bits per heavy atom. The number of rotatable bonds is 4. The van der Waals surface area contributed by atoms with Crippen molar-refractivity contribution in [2.75, 3.05) is 29.5 Å². The molecule has 18 heavy (non-hydrogen) atoms. The molecule has 1 aliphatic heterocycles. The molecule has 0 bridgehead atoms. The summed E-state index contributed by atoms with van der Waals surface area (Å²) in [4.78, 5) is 6.78. The van der Waals surface area contributed by atoms with Crippen LogP contribution in [0, 0.1) is 0 Å². The lowest BCUT2D eigenvalue weighted by Gasteiger charge is -2.25. The molecule has 4 heteroatoms. The third-order valence-electron chi connectivity index (χ3n) is 3.14. The van der Waals surface area contributed by atoms with Gasteiger partial charge in [-0.05, 0) is 18.2 Å². The first kappa shape index (κ1) is 13.7. The van der Waals surface area contributed by atoms with Crippen molar-refractivity contribution in [3.05, 3.63) is 24.0 Å². The standard InChI is InChI=1S/C14H23N3S/c1-12(2)16-11-13-10-15-5-4-14(13)17-6-3-8-18-9-7-17/h4-5,10,12,16H,3,6-9,11H2,1-2H3. The number of thioether (sulfide) groups is 1. The maximum atomic E-state index is 4.27. The van der Waals surface area contributed by atoms with E-state index in [0.717, 1.165) is 13.1 Å². The van der Waals surface area contributed by atoms with Gasteiger partial charge in [0.15, 0.2) is 0 Å². The fourth-order valence-electron chi connectivity index (χ4n) is 2.17. The van der Waals surface area contributed by atoms with Crippen LogP contribution in [0.5, 0.6) is 0 Å². The van der Waals surface area contributed by atoms with E-state index in [9.17, 15) is 0 Å². The first-order chi connectivity index (χ1) is 8.77. The molecular formula is C14H23N3S. The molecule has 0 spiro atoms. The first-order valence-corrected chi connectivity index (χ1v) is 7.92. The van der Waals surface area contributed by atoms with Crippen LogP contribution in [0.25, 0.3) is 0 Å². The molecule has 1 fully saturated rings. The molecule has 0 unspecified atom stereocenters. The van der Waals surface area contributed by atoms with Crippen molar-refractivity contribution in [1.82, 2.24) is 10.3 Å². The zero-order chi connectivity index (χ0) is 12.8. The summed E-state index contributed by atoms with van der Waals surface area (Å²) in [5.74, 6) is 2.53. The lowest BCUT2D eigenvalue weighted by atomic mass is 10.2. The van der Waals surface area contributed by atoms with Crippen LogP contribution in [0.1, 0.15) is 25.8 Å². The van der Waals surface area contributed by atoms with Gasteiger partial charge in [0.1, 0.15) is 0 Å². The molecular weight excluding hydrogens is 242 g/mol. The van der Waals surface area contributed by atoms with E-state index >= 15 is 0 Å². The Bertz CT molecular complexity index is 360. The summed E-state index contributed by atoms with van der Waals surface area (Å²) >= 11 is 2.07. The van der Waals surface area contributed by atoms with Crippen LogP contribution >= 0.6 is 11.8 Å². The van der Waals surface area contributed by atoms with Gasteiger partial charge < -0.3 is 10.2 Å². The van der Waals surface area contributed by atoms with Gasteiger partial charge in [-0.15, -0.1) is 0 Å². The van der Waals surface area contributed by atoms with Crippen LogP contribution in [-0.2, 0) is 6.54 Å². The number of nitrogens with one attached hydrogen (secondary N) is 1. The van der Waals surface area contributed by atoms with Crippen LogP contribution in [0.15, 0.2) is 18.5 Å². The van der Waals surface area contributed by atoms with Crippen molar-refractivity contribution in [2.24, 2.45) is 0 Å². The molecule has 2 rings (SSSR count). The van der Waals surface area contributed by atoms with Crippen molar-refractivity contribution in [1.29, 1.82) is 0 Å². The molecule has 100 valence electrons. The Hall–Kier alpha value is -0.740. The molecule has 0 amide bonds. The normalized spacial score (nSPS) is 16.9. The average molecular weight is 265 g/mol. The number of aromatic nitrogens is 1. The molecule has 0 atom stereocenters. The van der Waals surface area contributed by atoms with Crippen molar-refractivity contribution < 1.29 is 0 Å². The molecule has 0 saturated carbocycles. The summed E-state index contributed by atoms with van der Waals surface area (Å²) in [6, 6.07) is 2.67. The molecule has 0 aliphatic carbocycles. The second kappa shape index (κ2) is 7.00. The van der Waals surface area contributed by atoms with E-state index in [-0.39, 0.29) is 0 Å². The van der Waals surface area contributed by atoms with E-state index in [4.69, 9.17) is 0 Å². The fourth-order valence-corrected chi connectivity index (χ4v) is 3.05. The van der Waals surface area contributed by atoms with Crippen molar-refractivity contribution in [3.63, 3.8) is 0 Å². The van der Waals surface area contributed by atoms with Gasteiger partial charge >= 0.3 is 0 Å². The molecule has 2 heterocycles. The summed E-state index contributed by atoms with van der Waals surface area (Å²) < 4.78 is 0. The molecule has 1 N–H and O–H groups in total. The Kier molecular flexibility index (Phi) is 5.32. The molecule has 0 aromatic carbocycles. The van der Waals surface area contributed by atoms with Crippen LogP contribution < -0.4 is 10.2 Å². The van der Waals surface area contributed by atoms with Crippen LogP contribution in [-0.4, -0.2) is 35.6 Å². The molecule has 0 radical (unpaired) electrons. The molecule has 1 aromatic rings. The quantitative estimate of drug-likeness (QED) is 0.905. The first-order valence-electron chi connectivity index (χ1n) is 6.76. The van der Waals surface area contributed by atoms with Crippen LogP contribution in [0.2, 0.25) is 0 Å². The third-order valence-corrected chi connectivity index (χ3v) is 4.19. The predicted molar refractivity (Wildman–Crippen MR) is 80.4 cm³/mol. The summed E-state index contributed by atoms with van der Waals surface area (Å²) in [7, 11) is 0. The van der Waals surface area contributed by atoms with E-state index in [0.29, 0.717) is 6.04 Å². The van der Waals surface area contributed by atoms with Gasteiger partial charge in [-0.2, -0.15) is 11.8 Å². The highest BCUT2D eigenvalue weighted by molar-refractivity contribution is 7.99. The van der Waals surface area contributed by atoms with Gasteiger partial charge in [0.25, 0.3) is 0 Å². The SMILES string of the molecule is CC(C)NCc1cnccc1N1CCCSCC1. The van der Waals surface area contributed by atoms with E-state index in [1.807, 2.05) is 12.4 Å². The largest absolute Gasteiger partial charge is 0.370 e. The Balaban J connectivity index is 2.09. The van der Waals surface area contributed by atoms with Crippen LogP contribution in [0.4, 0.5) is 5.69 Å². The topological polar surface area (TPSA) is 28.2 Å². The van der Waals surface area contributed by atoms with Gasteiger partial charge in [-0.1, -0.05) is 13.8 Å². The second-order valence-electron chi connectivity index (χ2n) is 4.99. The second-order valence-corrected chi connectivity index (χ2v) is 6.22. The minimum absolute atomic E-state index is 0.512. The Labute approximate surface area is 114 Å². The van der Waals surface area contributed by atoms with E-state index in [1.54, 1.807) is 0 Å². The summed E-state index contributed by atoms with van der Waals surface area (Å²) in [6.45, 7) is 7.59. The average Bonchev–Trinajstić information content (AvgIpc) is 2.65. The number of pyridine rings is 1. The highest BCUT2D eigenvalue weighted by atomic mass is 32.2. The maximum absolute atomic E-state index is 4.27. The van der Waals surface area contributed by atoms with Gasteiger partial charge in [0, 0.05) is 55.1 Å². The zero-order valence-electron chi connectivity index (χ0n) is 11.4. The van der Waals surface area contributed by atoms with Gasteiger partial charge in [0.2, 0.25) is 0 Å². The number of anilines is 1. The monoisotopic (exact) mass is 265 g/mol. The number of hydrogen-bond acceptors (Lipinski definition) is 4. The van der Waals surface area contributed by atoms with Crippen molar-refractivity contribution in [2.45, 2.75) is 32.9 Å². The third kappa shape index (κ3) is 3.89. The molecule has 3 nitrogen and oxygen atoms in total. The lowest BCUT2D eigenvalue weighted by Crippen LogP contribution is -2.28. The predicted octanol–water partition coefficient (Wildman–Crippen LogP) is 2.52. The fraction of sp³-hybridized carbons (Fsp3) is 0.643. The Morgan fingerprint density at radius 1 is 1.39 bits per heavy atom. The lowest BCUT2D eigenvalue weighted by molar-refractivity contribution is 0.587. The van der Waals surface area contributed by atoms with Crippen LogP contribution in [0.3, 0.4) is 0 Å². The summed E-state index contributed by atoms with van der Waals surface area (Å²) in [6.07, 6.45) is 5.19. The zero-order valence-corrected chi connectivity index (χ0v) is 12.2. The van der Waals surface area contributed by atoms with Crippen molar-refractivity contribution in [3.8, 4) is 0 Å². The summed E-state index contributed by atoms with van der Waals surface area (Å²) in [5, 5.41) is 3.49. The summed E-state index contributed by atoms with van der Waals surface area (Å²) in [5.41, 5.74) is 2.68. The minimum atomic E-state index is 0.512. The molecule has 1 aromatic heterocycles. The number of hydrogen-bond donors (Lipinski definition) is 1. The molecule has 1 aliphatic rings. The smallest absolute Gasteiger partial charge is 0.0443 e. The minimum Gasteiger partial charge on any atom is -0.370 e. The highest BCUT2D eigenvalue weighted by Crippen LogP contribution is 2.22.